The van der Waals surface area contributed by atoms with Crippen molar-refractivity contribution < 1.29 is 28.5 Å². The maximum Gasteiger partial charge on any atom is 0.508 e. The van der Waals surface area contributed by atoms with Gasteiger partial charge < -0.3 is 30.0 Å². The second-order valence-electron chi connectivity index (χ2n) is 7.11. The number of nitrogens with two attached hydrogens (primary N) is 1. The van der Waals surface area contributed by atoms with E-state index in [4.69, 9.17) is 24.7 Å². The maximum absolute atomic E-state index is 12.5. The first-order chi connectivity index (χ1) is 15.5. The number of nitrogen functional groups attached to an aromatic ring is 1. The Bertz CT molecular complexity index is 971. The number of fused-ring (bicyclic) bond motifs is 1. The van der Waals surface area contributed by atoms with E-state index in [1.165, 1.54) is 24.5 Å². The summed E-state index contributed by atoms with van der Waals surface area (Å²) < 4.78 is 20.8. The fraction of sp³-hybridized carbons (Fsp3) is 0.391. The van der Waals surface area contributed by atoms with Crippen molar-refractivity contribution in [3.63, 3.8) is 0 Å². The Hall–Kier alpha value is -3.04. The van der Waals surface area contributed by atoms with Crippen LogP contribution in [0.5, 0.6) is 5.75 Å². The molecule has 0 bridgehead atoms. The summed E-state index contributed by atoms with van der Waals surface area (Å²) in [5, 5.41) is 3.46. The molecule has 0 saturated heterocycles. The lowest BCUT2D eigenvalue weighted by Crippen LogP contribution is -2.26. The molecule has 9 heteroatoms. The van der Waals surface area contributed by atoms with Crippen LogP contribution in [0.2, 0.25) is 0 Å². The third-order valence-corrected chi connectivity index (χ3v) is 6.09. The molecule has 1 amide bonds. The quantitative estimate of drug-likeness (QED) is 0.330. The van der Waals surface area contributed by atoms with Crippen LogP contribution in [0.3, 0.4) is 0 Å². The zero-order valence-electron chi connectivity index (χ0n) is 18.2. The van der Waals surface area contributed by atoms with Crippen molar-refractivity contribution in [3.8, 4) is 5.75 Å². The number of rotatable bonds is 9. The largest absolute Gasteiger partial charge is 0.508 e. The van der Waals surface area contributed by atoms with Gasteiger partial charge in [-0.05, 0) is 37.5 Å². The van der Waals surface area contributed by atoms with E-state index in [1.807, 2.05) is 31.2 Å². The number of ether oxygens (including phenoxy) is 4. The Labute approximate surface area is 191 Å². The molecule has 1 aliphatic rings. The first kappa shape index (κ1) is 23.6. The first-order valence-corrected chi connectivity index (χ1v) is 11.3. The zero-order valence-corrected chi connectivity index (χ0v) is 19.0. The van der Waals surface area contributed by atoms with Gasteiger partial charge in [0, 0.05) is 30.0 Å². The predicted octanol–water partition coefficient (Wildman–Crippen LogP) is 4.04. The molecule has 1 atom stereocenters. The highest BCUT2D eigenvalue weighted by Gasteiger charge is 2.27. The highest BCUT2D eigenvalue weighted by Crippen LogP contribution is 2.40. The van der Waals surface area contributed by atoms with E-state index in [1.54, 1.807) is 6.08 Å². The van der Waals surface area contributed by atoms with E-state index in [0.29, 0.717) is 43.2 Å². The minimum absolute atomic E-state index is 0.151. The Kier molecular flexibility index (Phi) is 8.52. The molecule has 1 unspecified atom stereocenters. The van der Waals surface area contributed by atoms with Gasteiger partial charge in [0.1, 0.15) is 23.5 Å². The molecule has 172 valence electrons. The van der Waals surface area contributed by atoms with Gasteiger partial charge in [-0.3, -0.25) is 4.79 Å². The Morgan fingerprint density at radius 3 is 2.88 bits per heavy atom. The summed E-state index contributed by atoms with van der Waals surface area (Å²) in [6.45, 7) is 2.93. The summed E-state index contributed by atoms with van der Waals surface area (Å²) in [4.78, 5) is 25.3. The Morgan fingerprint density at radius 2 is 2.09 bits per heavy atom. The molecule has 3 N–H and O–H groups in total. The number of para-hydroxylation sites is 1. The molecule has 3 rings (SSSR count). The Balaban J connectivity index is 1.60. The highest BCUT2D eigenvalue weighted by molar-refractivity contribution is 7.17. The summed E-state index contributed by atoms with van der Waals surface area (Å²) in [6.07, 6.45) is 4.04. The summed E-state index contributed by atoms with van der Waals surface area (Å²) in [7, 11) is 1.53. The van der Waals surface area contributed by atoms with Gasteiger partial charge in [0.2, 0.25) is 5.91 Å². The second kappa shape index (κ2) is 11.5. The van der Waals surface area contributed by atoms with Crippen LogP contribution in [0.25, 0.3) is 6.08 Å². The molecule has 1 aromatic carbocycles. The smallest absolute Gasteiger partial charge is 0.493 e. The summed E-state index contributed by atoms with van der Waals surface area (Å²) in [6, 6.07) is 7.51. The summed E-state index contributed by atoms with van der Waals surface area (Å²) >= 11 is 1.41. The van der Waals surface area contributed by atoms with Gasteiger partial charge in [-0.2, -0.15) is 0 Å². The van der Waals surface area contributed by atoms with Crippen LogP contribution in [0.1, 0.15) is 29.3 Å². The van der Waals surface area contributed by atoms with Crippen molar-refractivity contribution in [2.75, 3.05) is 38.0 Å². The van der Waals surface area contributed by atoms with Crippen LogP contribution in [0.4, 0.5) is 15.5 Å². The Morgan fingerprint density at radius 1 is 1.28 bits per heavy atom. The fourth-order valence-corrected chi connectivity index (χ4v) is 4.61. The number of hydrogen-bond donors (Lipinski definition) is 2. The molecular weight excluding hydrogens is 432 g/mol. The van der Waals surface area contributed by atoms with Crippen molar-refractivity contribution >= 4 is 40.2 Å². The van der Waals surface area contributed by atoms with Crippen molar-refractivity contribution in [1.82, 2.24) is 0 Å². The van der Waals surface area contributed by atoms with E-state index in [9.17, 15) is 9.59 Å². The van der Waals surface area contributed by atoms with Crippen LogP contribution in [-0.4, -0.2) is 45.1 Å². The van der Waals surface area contributed by atoms with Gasteiger partial charge in [0.25, 0.3) is 0 Å². The van der Waals surface area contributed by atoms with Crippen molar-refractivity contribution in [1.29, 1.82) is 0 Å². The third kappa shape index (κ3) is 6.24. The molecule has 8 nitrogen and oxygen atoms in total. The van der Waals surface area contributed by atoms with E-state index >= 15 is 0 Å². The number of amides is 1. The standard InChI is InChI=1S/C23H28N2O6S/c1-3-29-18-7-5-4-6-15(18)8-11-20(26)25-22-21(24)17-10-9-16(14-19(17)32-22)31-23(27)30-13-12-28-2/h4-8,11,16H,3,9-10,12-14,24H2,1-2H3,(H,25,26)/b11-8+. The molecule has 0 aliphatic heterocycles. The van der Waals surface area contributed by atoms with Crippen molar-refractivity contribution in [2.24, 2.45) is 0 Å². The van der Waals surface area contributed by atoms with Crippen LogP contribution >= 0.6 is 11.3 Å². The fourth-order valence-electron chi connectivity index (χ4n) is 3.38. The lowest BCUT2D eigenvalue weighted by atomic mass is 9.95. The van der Waals surface area contributed by atoms with Crippen molar-refractivity contribution in [3.05, 3.63) is 46.3 Å². The normalized spacial score (nSPS) is 15.2. The number of carbonyl (C=O) groups is 2. The highest BCUT2D eigenvalue weighted by atomic mass is 32.1. The van der Waals surface area contributed by atoms with Crippen LogP contribution in [0.15, 0.2) is 30.3 Å². The molecule has 0 fully saturated rings. The molecule has 0 radical (unpaired) electrons. The van der Waals surface area contributed by atoms with E-state index in [0.717, 1.165) is 21.8 Å². The minimum atomic E-state index is -0.703. The number of hydrogen-bond acceptors (Lipinski definition) is 8. The number of anilines is 2. The van der Waals surface area contributed by atoms with E-state index < -0.39 is 6.16 Å². The number of benzene rings is 1. The minimum Gasteiger partial charge on any atom is -0.493 e. The summed E-state index contributed by atoms with van der Waals surface area (Å²) in [5.74, 6) is 0.438. The third-order valence-electron chi connectivity index (χ3n) is 4.90. The number of thiophene rings is 1. The van der Waals surface area contributed by atoms with Gasteiger partial charge in [-0.1, -0.05) is 18.2 Å². The molecule has 1 heterocycles. The molecule has 0 saturated carbocycles. The van der Waals surface area contributed by atoms with Crippen LogP contribution < -0.4 is 15.8 Å². The zero-order chi connectivity index (χ0) is 22.9. The molecule has 1 aliphatic carbocycles. The topological polar surface area (TPSA) is 109 Å². The average Bonchev–Trinajstić information content (AvgIpc) is 3.08. The maximum atomic E-state index is 12.5. The second-order valence-corrected chi connectivity index (χ2v) is 8.22. The lowest BCUT2D eigenvalue weighted by Gasteiger charge is -2.22. The van der Waals surface area contributed by atoms with Gasteiger partial charge >= 0.3 is 6.16 Å². The number of carbonyl (C=O) groups excluding carboxylic acids is 2. The molecule has 32 heavy (non-hydrogen) atoms. The van der Waals surface area contributed by atoms with Crippen molar-refractivity contribution in [2.45, 2.75) is 32.3 Å². The van der Waals surface area contributed by atoms with Gasteiger partial charge in [0.15, 0.2) is 0 Å². The van der Waals surface area contributed by atoms with Crippen LogP contribution in [-0.2, 0) is 31.8 Å². The van der Waals surface area contributed by atoms with Gasteiger partial charge in [0.05, 0.1) is 18.9 Å². The predicted molar refractivity (Wildman–Crippen MR) is 124 cm³/mol. The first-order valence-electron chi connectivity index (χ1n) is 10.4. The molecule has 1 aromatic heterocycles. The molecule has 0 spiro atoms. The van der Waals surface area contributed by atoms with E-state index in [-0.39, 0.29) is 18.6 Å². The lowest BCUT2D eigenvalue weighted by molar-refractivity contribution is -0.111. The average molecular weight is 461 g/mol. The molecule has 2 aromatic rings. The summed E-state index contributed by atoms with van der Waals surface area (Å²) in [5.41, 5.74) is 8.67. The molecular formula is C23H28N2O6S. The van der Waals surface area contributed by atoms with Crippen LogP contribution in [0, 0.1) is 0 Å². The van der Waals surface area contributed by atoms with Gasteiger partial charge in [-0.15, -0.1) is 11.3 Å². The number of methoxy groups -OCH3 is 1. The number of nitrogens with one attached hydrogen (secondary N) is 1. The van der Waals surface area contributed by atoms with Gasteiger partial charge in [-0.25, -0.2) is 4.79 Å². The monoisotopic (exact) mass is 460 g/mol. The SMILES string of the molecule is CCOc1ccccc1/C=C/C(=O)Nc1sc2c(c1N)CCC(OC(=O)OCCOC)C2. The van der Waals surface area contributed by atoms with E-state index in [2.05, 4.69) is 5.32 Å².